The van der Waals surface area contributed by atoms with Crippen molar-refractivity contribution < 1.29 is 14.7 Å². The van der Waals surface area contributed by atoms with Gasteiger partial charge in [0.1, 0.15) is 0 Å². The number of aryl methyl sites for hydroxylation is 1. The van der Waals surface area contributed by atoms with E-state index in [2.05, 4.69) is 5.32 Å². The predicted octanol–water partition coefficient (Wildman–Crippen LogP) is 1.91. The Balaban J connectivity index is 3.12. The van der Waals surface area contributed by atoms with Gasteiger partial charge in [-0.2, -0.15) is 0 Å². The normalized spacial score (nSPS) is 9.73. The molecule has 0 radical (unpaired) electrons. The van der Waals surface area contributed by atoms with Gasteiger partial charge in [0.15, 0.2) is 0 Å². The fourth-order valence-corrected chi connectivity index (χ4v) is 1.32. The third-order valence-corrected chi connectivity index (χ3v) is 2.05. The van der Waals surface area contributed by atoms with E-state index < -0.39 is 5.97 Å². The molecule has 0 aliphatic rings. The summed E-state index contributed by atoms with van der Waals surface area (Å²) >= 11 is 0. The smallest absolute Gasteiger partial charge is 0.335 e. The van der Waals surface area contributed by atoms with Crippen LogP contribution in [0, 0.1) is 0 Å². The number of nitrogens with one attached hydrogen (secondary N) is 1. The number of carbonyl (C=O) groups is 2. The molecule has 1 amide bonds. The van der Waals surface area contributed by atoms with Gasteiger partial charge < -0.3 is 10.4 Å². The lowest BCUT2D eigenvalue weighted by Crippen LogP contribution is -2.09. The number of hydrogen-bond acceptors (Lipinski definition) is 2. The maximum Gasteiger partial charge on any atom is 0.335 e. The number of hydrogen-bond donors (Lipinski definition) is 2. The van der Waals surface area contributed by atoms with Crippen LogP contribution < -0.4 is 5.32 Å². The average molecular weight is 207 g/mol. The Morgan fingerprint density at radius 2 is 2.07 bits per heavy atom. The van der Waals surface area contributed by atoms with Crippen LogP contribution in [0.3, 0.4) is 0 Å². The van der Waals surface area contributed by atoms with Gasteiger partial charge in [0.2, 0.25) is 5.91 Å². The molecule has 4 nitrogen and oxygen atoms in total. The molecule has 15 heavy (non-hydrogen) atoms. The van der Waals surface area contributed by atoms with Crippen molar-refractivity contribution in [3.8, 4) is 0 Å². The molecule has 1 rings (SSSR count). The molecular formula is C11H13NO3. The van der Waals surface area contributed by atoms with Gasteiger partial charge in [-0.25, -0.2) is 4.79 Å². The Bertz CT molecular complexity index is 399. The molecule has 0 saturated carbocycles. The van der Waals surface area contributed by atoms with Gasteiger partial charge in [-0.15, -0.1) is 0 Å². The maximum absolute atomic E-state index is 10.9. The van der Waals surface area contributed by atoms with Gasteiger partial charge in [0, 0.05) is 12.6 Å². The number of carboxylic acid groups (broad SMARTS) is 1. The van der Waals surface area contributed by atoms with E-state index in [1.807, 2.05) is 6.92 Å². The van der Waals surface area contributed by atoms with E-state index in [1.54, 1.807) is 6.07 Å². The highest BCUT2D eigenvalue weighted by Gasteiger charge is 2.08. The predicted molar refractivity (Wildman–Crippen MR) is 57.1 cm³/mol. The molecule has 0 fully saturated rings. The molecule has 1 aromatic rings. The minimum Gasteiger partial charge on any atom is -0.478 e. The van der Waals surface area contributed by atoms with Crippen LogP contribution in [-0.4, -0.2) is 17.0 Å². The molecule has 0 spiro atoms. The summed E-state index contributed by atoms with van der Waals surface area (Å²) in [5.74, 6) is -1.20. The van der Waals surface area contributed by atoms with Crippen LogP contribution in [0.25, 0.3) is 0 Å². The van der Waals surface area contributed by atoms with E-state index in [9.17, 15) is 9.59 Å². The third-order valence-electron chi connectivity index (χ3n) is 2.05. The SMILES string of the molecule is CCc1ccc(C(=O)O)cc1NC(C)=O. The molecule has 80 valence electrons. The summed E-state index contributed by atoms with van der Waals surface area (Å²) in [6.07, 6.45) is 0.746. The van der Waals surface area contributed by atoms with Gasteiger partial charge in [-0.1, -0.05) is 13.0 Å². The fraction of sp³-hybridized carbons (Fsp3) is 0.273. The summed E-state index contributed by atoms with van der Waals surface area (Å²) in [5, 5.41) is 11.4. The quantitative estimate of drug-likeness (QED) is 0.795. The Morgan fingerprint density at radius 1 is 1.40 bits per heavy atom. The maximum atomic E-state index is 10.9. The van der Waals surface area contributed by atoms with Gasteiger partial charge >= 0.3 is 5.97 Å². The number of benzene rings is 1. The first-order valence-electron chi connectivity index (χ1n) is 4.68. The number of carboxylic acids is 1. The van der Waals surface area contributed by atoms with E-state index in [-0.39, 0.29) is 11.5 Å². The zero-order valence-corrected chi connectivity index (χ0v) is 8.70. The second kappa shape index (κ2) is 4.59. The average Bonchev–Trinajstić information content (AvgIpc) is 2.16. The van der Waals surface area contributed by atoms with Crippen LogP contribution in [0.15, 0.2) is 18.2 Å². The van der Waals surface area contributed by atoms with Gasteiger partial charge in [0.25, 0.3) is 0 Å². The van der Waals surface area contributed by atoms with Crippen LogP contribution in [0.2, 0.25) is 0 Å². The summed E-state index contributed by atoms with van der Waals surface area (Å²) in [7, 11) is 0. The second-order valence-electron chi connectivity index (χ2n) is 3.21. The summed E-state index contributed by atoms with van der Waals surface area (Å²) in [6, 6.07) is 4.73. The number of rotatable bonds is 3. The molecule has 4 heteroatoms. The monoisotopic (exact) mass is 207 g/mol. The van der Waals surface area contributed by atoms with Crippen LogP contribution in [-0.2, 0) is 11.2 Å². The van der Waals surface area contributed by atoms with Gasteiger partial charge in [0.05, 0.1) is 5.56 Å². The molecule has 0 bridgehead atoms. The van der Waals surface area contributed by atoms with Crippen molar-refractivity contribution >= 4 is 17.6 Å². The molecule has 1 aromatic carbocycles. The first-order chi connectivity index (χ1) is 7.04. The van der Waals surface area contributed by atoms with Crippen LogP contribution in [0.1, 0.15) is 29.8 Å². The zero-order chi connectivity index (χ0) is 11.4. The van der Waals surface area contributed by atoms with Crippen LogP contribution in [0.5, 0.6) is 0 Å². The van der Waals surface area contributed by atoms with Gasteiger partial charge in [-0.3, -0.25) is 4.79 Å². The molecule has 0 saturated heterocycles. The first-order valence-corrected chi connectivity index (χ1v) is 4.68. The van der Waals surface area contributed by atoms with Crippen LogP contribution >= 0.6 is 0 Å². The Kier molecular flexibility index (Phi) is 3.44. The Labute approximate surface area is 87.9 Å². The third kappa shape index (κ3) is 2.80. The standard InChI is InChI=1S/C11H13NO3/c1-3-8-4-5-9(11(14)15)6-10(8)12-7(2)13/h4-6H,3H2,1-2H3,(H,12,13)(H,14,15). The Hall–Kier alpha value is -1.84. The van der Waals surface area contributed by atoms with Gasteiger partial charge in [-0.05, 0) is 24.1 Å². The molecule has 0 aliphatic carbocycles. The highest BCUT2D eigenvalue weighted by Crippen LogP contribution is 2.18. The van der Waals surface area contributed by atoms with E-state index >= 15 is 0 Å². The molecular weight excluding hydrogens is 194 g/mol. The van der Waals surface area contributed by atoms with Crippen molar-refractivity contribution in [2.45, 2.75) is 20.3 Å². The molecule has 0 atom stereocenters. The molecule has 0 aromatic heterocycles. The van der Waals surface area contributed by atoms with Crippen molar-refractivity contribution in [2.24, 2.45) is 0 Å². The lowest BCUT2D eigenvalue weighted by atomic mass is 10.1. The lowest BCUT2D eigenvalue weighted by Gasteiger charge is -2.08. The Morgan fingerprint density at radius 3 is 2.53 bits per heavy atom. The minimum absolute atomic E-state index is 0.177. The fourth-order valence-electron chi connectivity index (χ4n) is 1.32. The minimum atomic E-state index is -0.996. The summed E-state index contributed by atoms with van der Waals surface area (Å²) in [4.78, 5) is 21.6. The highest BCUT2D eigenvalue weighted by atomic mass is 16.4. The van der Waals surface area contributed by atoms with Crippen molar-refractivity contribution in [1.82, 2.24) is 0 Å². The largest absolute Gasteiger partial charge is 0.478 e. The molecule has 0 aliphatic heterocycles. The first kappa shape index (κ1) is 11.2. The van der Waals surface area contributed by atoms with E-state index in [0.29, 0.717) is 5.69 Å². The summed E-state index contributed by atoms with van der Waals surface area (Å²) in [5.41, 5.74) is 1.68. The van der Waals surface area contributed by atoms with Crippen molar-refractivity contribution in [3.63, 3.8) is 0 Å². The lowest BCUT2D eigenvalue weighted by molar-refractivity contribution is -0.114. The molecule has 0 unspecified atom stereocenters. The second-order valence-corrected chi connectivity index (χ2v) is 3.21. The summed E-state index contributed by atoms with van der Waals surface area (Å²) < 4.78 is 0. The number of carbonyl (C=O) groups excluding carboxylic acids is 1. The number of anilines is 1. The van der Waals surface area contributed by atoms with E-state index in [4.69, 9.17) is 5.11 Å². The topological polar surface area (TPSA) is 66.4 Å². The zero-order valence-electron chi connectivity index (χ0n) is 8.70. The summed E-state index contributed by atoms with van der Waals surface area (Å²) in [6.45, 7) is 3.34. The van der Waals surface area contributed by atoms with E-state index in [0.717, 1.165) is 12.0 Å². The van der Waals surface area contributed by atoms with Crippen molar-refractivity contribution in [1.29, 1.82) is 0 Å². The molecule has 2 N–H and O–H groups in total. The number of amides is 1. The van der Waals surface area contributed by atoms with Crippen molar-refractivity contribution in [2.75, 3.05) is 5.32 Å². The van der Waals surface area contributed by atoms with E-state index in [1.165, 1.54) is 19.1 Å². The highest BCUT2D eigenvalue weighted by molar-refractivity contribution is 5.93. The van der Waals surface area contributed by atoms with Crippen molar-refractivity contribution in [3.05, 3.63) is 29.3 Å². The molecule has 0 heterocycles. The number of aromatic carboxylic acids is 1. The van der Waals surface area contributed by atoms with Crippen LogP contribution in [0.4, 0.5) is 5.69 Å².